The van der Waals surface area contributed by atoms with E-state index in [1.54, 1.807) is 0 Å². The first-order valence-electron chi connectivity index (χ1n) is 7.72. The van der Waals surface area contributed by atoms with E-state index >= 15 is 0 Å². The molecule has 144 valence electrons. The van der Waals surface area contributed by atoms with Gasteiger partial charge in [-0.1, -0.05) is 0 Å². The average Bonchev–Trinajstić information content (AvgIpc) is 2.67. The van der Waals surface area contributed by atoms with Crippen molar-refractivity contribution in [1.82, 2.24) is 0 Å². The van der Waals surface area contributed by atoms with E-state index in [-0.39, 0.29) is 23.5 Å². The van der Waals surface area contributed by atoms with Gasteiger partial charge in [0.05, 0.1) is 39.1 Å². The molecule has 0 aliphatic rings. The van der Waals surface area contributed by atoms with Crippen molar-refractivity contribution in [1.29, 1.82) is 0 Å². The molecule has 2 rings (SSSR count). The Balaban J connectivity index is 2.16. The van der Waals surface area contributed by atoms with E-state index in [1.165, 1.54) is 39.5 Å². The summed E-state index contributed by atoms with van der Waals surface area (Å²) in [7, 11) is 4.06. The summed E-state index contributed by atoms with van der Waals surface area (Å²) in [5.41, 5.74) is 0.511. The van der Waals surface area contributed by atoms with Crippen LogP contribution >= 0.6 is 0 Å². The number of carbonyl (C=O) groups excluding carboxylic acids is 2. The van der Waals surface area contributed by atoms with Gasteiger partial charge in [0.1, 0.15) is 0 Å². The number of amides is 1. The molecule has 9 heteroatoms. The third-order valence-corrected chi connectivity index (χ3v) is 3.57. The molecule has 0 heterocycles. The molecule has 0 radical (unpaired) electrons. The molecular weight excluding hydrogens is 362 g/mol. The number of ether oxygens (including phenoxy) is 3. The monoisotopic (exact) mass is 380 g/mol. The van der Waals surface area contributed by atoms with E-state index in [1.807, 2.05) is 0 Å². The lowest BCUT2D eigenvalue weighted by molar-refractivity contribution is -0.114. The zero-order valence-corrected chi connectivity index (χ0v) is 14.9. The van der Waals surface area contributed by atoms with Crippen molar-refractivity contribution < 1.29 is 32.6 Å². The molecule has 0 atom stereocenters. The standard InChI is InChI=1S/C18H18F2N2O5/c1-25-15-7-11(18(24)27-3)14(8-16(15)26-2)21-9-17(23)22-10-4-5-12(19)13(20)6-10/h4-8,21H,9H2,1-3H3,(H,22,23). The Hall–Kier alpha value is -3.36. The number of carbonyl (C=O) groups is 2. The fourth-order valence-corrected chi connectivity index (χ4v) is 2.26. The Kier molecular flexibility index (Phi) is 6.53. The van der Waals surface area contributed by atoms with Crippen LogP contribution < -0.4 is 20.1 Å². The molecule has 1 amide bonds. The van der Waals surface area contributed by atoms with Gasteiger partial charge in [-0.2, -0.15) is 0 Å². The third-order valence-electron chi connectivity index (χ3n) is 3.57. The summed E-state index contributed by atoms with van der Waals surface area (Å²) in [4.78, 5) is 24.0. The van der Waals surface area contributed by atoms with E-state index in [0.29, 0.717) is 11.5 Å². The number of hydrogen-bond acceptors (Lipinski definition) is 6. The summed E-state index contributed by atoms with van der Waals surface area (Å²) in [6.07, 6.45) is 0. The summed E-state index contributed by atoms with van der Waals surface area (Å²) in [5, 5.41) is 5.20. The van der Waals surface area contributed by atoms with Gasteiger partial charge in [0.15, 0.2) is 23.1 Å². The number of benzene rings is 2. The lowest BCUT2D eigenvalue weighted by Gasteiger charge is -2.15. The minimum absolute atomic E-state index is 0.0983. The minimum atomic E-state index is -1.08. The van der Waals surface area contributed by atoms with Gasteiger partial charge < -0.3 is 24.8 Å². The maximum Gasteiger partial charge on any atom is 0.340 e. The molecule has 0 aromatic heterocycles. The van der Waals surface area contributed by atoms with Gasteiger partial charge in [0.2, 0.25) is 5.91 Å². The zero-order chi connectivity index (χ0) is 20.0. The highest BCUT2D eigenvalue weighted by Gasteiger charge is 2.18. The lowest BCUT2D eigenvalue weighted by Crippen LogP contribution is -2.23. The van der Waals surface area contributed by atoms with Crippen LogP contribution in [0.15, 0.2) is 30.3 Å². The molecule has 0 bridgehead atoms. The zero-order valence-electron chi connectivity index (χ0n) is 14.9. The molecule has 0 fully saturated rings. The van der Waals surface area contributed by atoms with Crippen LogP contribution in [0.2, 0.25) is 0 Å². The number of anilines is 2. The molecule has 0 aliphatic carbocycles. The van der Waals surface area contributed by atoms with Gasteiger partial charge in [0.25, 0.3) is 0 Å². The van der Waals surface area contributed by atoms with Crippen molar-refractivity contribution in [3.05, 3.63) is 47.5 Å². The highest BCUT2D eigenvalue weighted by Crippen LogP contribution is 2.33. The van der Waals surface area contributed by atoms with Gasteiger partial charge in [0, 0.05) is 23.9 Å². The third kappa shape index (κ3) is 4.84. The highest BCUT2D eigenvalue weighted by atomic mass is 19.2. The van der Waals surface area contributed by atoms with Crippen LogP contribution in [0.5, 0.6) is 11.5 Å². The smallest absolute Gasteiger partial charge is 0.340 e. The summed E-state index contributed by atoms with van der Waals surface area (Å²) in [6.45, 7) is -0.252. The van der Waals surface area contributed by atoms with Crippen molar-refractivity contribution in [3.8, 4) is 11.5 Å². The van der Waals surface area contributed by atoms with E-state index < -0.39 is 23.5 Å². The fraction of sp³-hybridized carbons (Fsp3) is 0.222. The maximum absolute atomic E-state index is 13.2. The SMILES string of the molecule is COC(=O)c1cc(OC)c(OC)cc1NCC(=O)Nc1ccc(F)c(F)c1. The average molecular weight is 380 g/mol. The lowest BCUT2D eigenvalue weighted by atomic mass is 10.1. The Bertz CT molecular complexity index is 858. The van der Waals surface area contributed by atoms with Gasteiger partial charge in [-0.25, -0.2) is 13.6 Å². The topological polar surface area (TPSA) is 85.9 Å². The molecule has 7 nitrogen and oxygen atoms in total. The molecular formula is C18H18F2N2O5. The van der Waals surface area contributed by atoms with Crippen LogP contribution in [-0.2, 0) is 9.53 Å². The maximum atomic E-state index is 13.2. The Morgan fingerprint density at radius 3 is 2.22 bits per heavy atom. The first-order chi connectivity index (χ1) is 12.9. The predicted molar refractivity (Wildman–Crippen MR) is 94.4 cm³/mol. The van der Waals surface area contributed by atoms with Gasteiger partial charge >= 0.3 is 5.97 Å². The summed E-state index contributed by atoms with van der Waals surface area (Å²) in [6, 6.07) is 5.90. The predicted octanol–water partition coefficient (Wildman–Crippen LogP) is 2.82. The van der Waals surface area contributed by atoms with Gasteiger partial charge in [-0.3, -0.25) is 4.79 Å². The van der Waals surface area contributed by atoms with E-state index in [2.05, 4.69) is 10.6 Å². The largest absolute Gasteiger partial charge is 0.493 e. The molecule has 2 aromatic rings. The normalized spacial score (nSPS) is 10.1. The van der Waals surface area contributed by atoms with Crippen LogP contribution in [0.25, 0.3) is 0 Å². The van der Waals surface area contributed by atoms with Crippen LogP contribution in [0.1, 0.15) is 10.4 Å². The molecule has 0 unspecified atom stereocenters. The van der Waals surface area contributed by atoms with Crippen molar-refractivity contribution in [2.24, 2.45) is 0 Å². The Labute approximate surface area is 154 Å². The van der Waals surface area contributed by atoms with Crippen molar-refractivity contribution >= 4 is 23.3 Å². The van der Waals surface area contributed by atoms with E-state index in [0.717, 1.165) is 12.1 Å². The summed E-state index contributed by atoms with van der Waals surface area (Å²) >= 11 is 0. The Morgan fingerprint density at radius 2 is 1.63 bits per heavy atom. The van der Waals surface area contributed by atoms with Crippen LogP contribution in [0.4, 0.5) is 20.2 Å². The molecule has 0 aliphatic heterocycles. The van der Waals surface area contributed by atoms with Crippen LogP contribution in [0.3, 0.4) is 0 Å². The highest BCUT2D eigenvalue weighted by molar-refractivity contribution is 5.99. The number of methoxy groups -OCH3 is 3. The fourth-order valence-electron chi connectivity index (χ4n) is 2.26. The van der Waals surface area contributed by atoms with E-state index in [9.17, 15) is 18.4 Å². The quantitative estimate of drug-likeness (QED) is 0.719. The minimum Gasteiger partial charge on any atom is -0.493 e. The molecule has 2 aromatic carbocycles. The number of halogens is 2. The number of rotatable bonds is 7. The first kappa shape index (κ1) is 20.0. The first-order valence-corrected chi connectivity index (χ1v) is 7.72. The number of esters is 1. The molecule has 0 saturated carbocycles. The Morgan fingerprint density at radius 1 is 0.963 bits per heavy atom. The molecule has 2 N–H and O–H groups in total. The summed E-state index contributed by atoms with van der Waals surface area (Å²) < 4.78 is 41.2. The van der Waals surface area contributed by atoms with Crippen molar-refractivity contribution in [2.45, 2.75) is 0 Å². The molecule has 27 heavy (non-hydrogen) atoms. The summed E-state index contributed by atoms with van der Waals surface area (Å²) in [5.74, 6) is -2.61. The van der Waals surface area contributed by atoms with Crippen LogP contribution in [-0.4, -0.2) is 39.8 Å². The second-order valence-corrected chi connectivity index (χ2v) is 5.27. The van der Waals surface area contributed by atoms with Crippen LogP contribution in [0, 0.1) is 11.6 Å². The second kappa shape index (κ2) is 8.84. The second-order valence-electron chi connectivity index (χ2n) is 5.27. The van der Waals surface area contributed by atoms with Crippen molar-refractivity contribution in [3.63, 3.8) is 0 Å². The van der Waals surface area contributed by atoms with Gasteiger partial charge in [-0.05, 0) is 12.1 Å². The number of hydrogen-bond donors (Lipinski definition) is 2. The molecule has 0 saturated heterocycles. The van der Waals surface area contributed by atoms with Gasteiger partial charge in [-0.15, -0.1) is 0 Å². The van der Waals surface area contributed by atoms with E-state index in [4.69, 9.17) is 14.2 Å². The molecule has 0 spiro atoms. The number of nitrogens with one attached hydrogen (secondary N) is 2. The van der Waals surface area contributed by atoms with Crippen molar-refractivity contribution in [2.75, 3.05) is 38.5 Å².